The summed E-state index contributed by atoms with van der Waals surface area (Å²) < 4.78 is 7.20. The number of guanidine groups is 1. The third-order valence-electron chi connectivity index (χ3n) is 4.11. The van der Waals surface area contributed by atoms with Crippen molar-refractivity contribution >= 4 is 12.1 Å². The molecule has 1 atom stereocenters. The van der Waals surface area contributed by atoms with Crippen molar-refractivity contribution in [2.75, 3.05) is 20.6 Å². The van der Waals surface area contributed by atoms with Gasteiger partial charge < -0.3 is 20.3 Å². The third kappa shape index (κ3) is 7.48. The van der Waals surface area contributed by atoms with Crippen LogP contribution >= 0.6 is 0 Å². The second-order valence-electron chi connectivity index (χ2n) is 7.92. The van der Waals surface area contributed by atoms with Gasteiger partial charge in [-0.05, 0) is 26.3 Å². The average Bonchev–Trinajstić information content (AvgIpc) is 3.05. The van der Waals surface area contributed by atoms with Crippen LogP contribution < -0.4 is 10.6 Å². The topological polar surface area (TPSA) is 83.8 Å². The molecule has 158 valence electrons. The maximum atomic E-state index is 12.3. The molecular formula is C21H32N6O2. The van der Waals surface area contributed by atoms with Gasteiger partial charge >= 0.3 is 6.09 Å². The number of benzene rings is 1. The molecule has 2 aromatic rings. The summed E-state index contributed by atoms with van der Waals surface area (Å²) in [5.41, 5.74) is 1.51. The molecule has 2 N–H and O–H groups in total. The normalized spacial score (nSPS) is 13.0. The van der Waals surface area contributed by atoms with E-state index in [1.54, 1.807) is 11.7 Å². The fourth-order valence-electron chi connectivity index (χ4n) is 2.87. The van der Waals surface area contributed by atoms with Gasteiger partial charge in [0.1, 0.15) is 5.60 Å². The van der Waals surface area contributed by atoms with Crippen LogP contribution in [-0.4, -0.2) is 53.0 Å². The zero-order chi connectivity index (χ0) is 21.4. The van der Waals surface area contributed by atoms with E-state index in [1.807, 2.05) is 82.5 Å². The molecule has 0 aliphatic heterocycles. The number of carbonyl (C=O) groups excluding carboxylic acids is 1. The molecule has 29 heavy (non-hydrogen) atoms. The Balaban J connectivity index is 2.04. The number of amides is 1. The highest BCUT2D eigenvalue weighted by atomic mass is 16.6. The van der Waals surface area contributed by atoms with Crippen molar-refractivity contribution in [3.63, 3.8) is 0 Å². The average molecular weight is 401 g/mol. The van der Waals surface area contributed by atoms with E-state index >= 15 is 0 Å². The predicted octanol–water partition coefficient (Wildman–Crippen LogP) is 2.69. The van der Waals surface area contributed by atoms with Gasteiger partial charge in [-0.3, -0.25) is 9.67 Å². The number of aliphatic imine (C=N–C) groups is 1. The summed E-state index contributed by atoms with van der Waals surface area (Å²) in [6.07, 6.45) is 3.35. The number of nitrogens with zero attached hydrogens (tertiary/aromatic N) is 4. The van der Waals surface area contributed by atoms with Crippen LogP contribution in [0.2, 0.25) is 0 Å². The summed E-state index contributed by atoms with van der Waals surface area (Å²) >= 11 is 0. The summed E-state index contributed by atoms with van der Waals surface area (Å²) in [4.78, 5) is 18.7. The maximum absolute atomic E-state index is 12.3. The lowest BCUT2D eigenvalue weighted by Gasteiger charge is -2.26. The molecule has 1 aromatic carbocycles. The first-order chi connectivity index (χ1) is 13.7. The molecule has 1 heterocycles. The number of hydrogen-bond donors (Lipinski definition) is 2. The van der Waals surface area contributed by atoms with E-state index in [2.05, 4.69) is 20.7 Å². The lowest BCUT2D eigenvalue weighted by Crippen LogP contribution is -2.44. The van der Waals surface area contributed by atoms with Gasteiger partial charge in [0.15, 0.2) is 5.96 Å². The molecule has 8 nitrogen and oxygen atoms in total. The Labute approximate surface area is 173 Å². The Bertz CT molecular complexity index is 810. The lowest BCUT2D eigenvalue weighted by molar-refractivity contribution is 0.0504. The minimum atomic E-state index is -0.557. The van der Waals surface area contributed by atoms with Crippen molar-refractivity contribution in [3.05, 3.63) is 53.9 Å². The quantitative estimate of drug-likeness (QED) is 0.575. The van der Waals surface area contributed by atoms with Crippen LogP contribution in [0.1, 0.15) is 37.9 Å². The van der Waals surface area contributed by atoms with Gasteiger partial charge in [0.25, 0.3) is 0 Å². The lowest BCUT2D eigenvalue weighted by atomic mass is 10.1. The summed E-state index contributed by atoms with van der Waals surface area (Å²) in [6, 6.07) is 9.53. The molecule has 2 rings (SSSR count). The first-order valence-corrected chi connectivity index (χ1v) is 9.61. The summed E-state index contributed by atoms with van der Waals surface area (Å²) in [7, 11) is 5.59. The zero-order valence-corrected chi connectivity index (χ0v) is 18.1. The summed E-state index contributed by atoms with van der Waals surface area (Å²) in [6.45, 7) is 6.67. The molecule has 1 amide bonds. The number of rotatable bonds is 6. The van der Waals surface area contributed by atoms with Crippen molar-refractivity contribution in [1.82, 2.24) is 25.3 Å². The summed E-state index contributed by atoms with van der Waals surface area (Å²) in [5, 5.41) is 10.5. The first-order valence-electron chi connectivity index (χ1n) is 9.61. The van der Waals surface area contributed by atoms with Crippen molar-refractivity contribution in [3.8, 4) is 0 Å². The van der Waals surface area contributed by atoms with Crippen molar-refractivity contribution in [2.24, 2.45) is 12.0 Å². The second kappa shape index (κ2) is 9.95. The first kappa shape index (κ1) is 22.3. The van der Waals surface area contributed by atoms with Gasteiger partial charge in [-0.1, -0.05) is 30.3 Å². The predicted molar refractivity (Wildman–Crippen MR) is 115 cm³/mol. The van der Waals surface area contributed by atoms with Gasteiger partial charge in [0, 0.05) is 46.0 Å². The molecule has 0 bridgehead atoms. The maximum Gasteiger partial charge on any atom is 0.408 e. The van der Waals surface area contributed by atoms with E-state index in [0.29, 0.717) is 13.1 Å². The van der Waals surface area contributed by atoms with Crippen LogP contribution in [0.15, 0.2) is 47.7 Å². The smallest absolute Gasteiger partial charge is 0.408 e. The van der Waals surface area contributed by atoms with Crippen LogP contribution in [0.5, 0.6) is 0 Å². The van der Waals surface area contributed by atoms with Crippen LogP contribution in [0.4, 0.5) is 4.79 Å². The standard InChI is InChI=1S/C21H32N6O2/c1-21(2,3)29-20(28)25-18(17-10-8-7-9-11-17)13-23-19(22-4)26(5)14-16-12-24-27(6)15-16/h7-12,15,18H,13-14H2,1-6H3,(H,22,23)(H,25,28). The minimum absolute atomic E-state index is 0.269. The number of aryl methyl sites for hydroxylation is 1. The van der Waals surface area contributed by atoms with Gasteiger partial charge in [-0.2, -0.15) is 5.10 Å². The number of carbonyl (C=O) groups is 1. The Morgan fingerprint density at radius 1 is 1.31 bits per heavy atom. The molecule has 0 saturated heterocycles. The van der Waals surface area contributed by atoms with E-state index < -0.39 is 11.7 Å². The Morgan fingerprint density at radius 2 is 2.00 bits per heavy atom. The fourth-order valence-corrected chi connectivity index (χ4v) is 2.87. The van der Waals surface area contributed by atoms with Crippen molar-refractivity contribution in [1.29, 1.82) is 0 Å². The molecule has 0 aliphatic carbocycles. The molecule has 0 fully saturated rings. The molecule has 0 spiro atoms. The number of nitrogens with one attached hydrogen (secondary N) is 2. The second-order valence-corrected chi connectivity index (χ2v) is 7.92. The number of hydrogen-bond acceptors (Lipinski definition) is 4. The van der Waals surface area contributed by atoms with E-state index in [9.17, 15) is 4.79 Å². The minimum Gasteiger partial charge on any atom is -0.444 e. The fraction of sp³-hybridized carbons (Fsp3) is 0.476. The van der Waals surface area contributed by atoms with Crippen LogP contribution in [0.25, 0.3) is 0 Å². The Hall–Kier alpha value is -3.03. The molecule has 1 aromatic heterocycles. The largest absolute Gasteiger partial charge is 0.444 e. The van der Waals surface area contributed by atoms with E-state index in [1.165, 1.54) is 0 Å². The van der Waals surface area contributed by atoms with Crippen LogP contribution in [0, 0.1) is 0 Å². The SMILES string of the molecule is CN=C(NCC(NC(=O)OC(C)(C)C)c1ccccc1)N(C)Cc1cnn(C)c1. The van der Waals surface area contributed by atoms with Gasteiger partial charge in [0.05, 0.1) is 12.2 Å². The summed E-state index contributed by atoms with van der Waals surface area (Å²) in [5.74, 6) is 0.723. The van der Waals surface area contributed by atoms with Crippen LogP contribution in [-0.2, 0) is 18.3 Å². The van der Waals surface area contributed by atoms with Crippen molar-refractivity contribution in [2.45, 2.75) is 39.0 Å². The molecule has 8 heteroatoms. The highest BCUT2D eigenvalue weighted by Gasteiger charge is 2.21. The molecule has 0 saturated carbocycles. The monoisotopic (exact) mass is 400 g/mol. The number of aromatic nitrogens is 2. The third-order valence-corrected chi connectivity index (χ3v) is 4.11. The highest BCUT2D eigenvalue weighted by Crippen LogP contribution is 2.14. The van der Waals surface area contributed by atoms with Gasteiger partial charge in [-0.25, -0.2) is 4.79 Å². The van der Waals surface area contributed by atoms with E-state index in [4.69, 9.17) is 4.74 Å². The molecule has 1 unspecified atom stereocenters. The highest BCUT2D eigenvalue weighted by molar-refractivity contribution is 5.79. The Kier molecular flexibility index (Phi) is 7.64. The van der Waals surface area contributed by atoms with E-state index in [0.717, 1.165) is 17.1 Å². The molecular weight excluding hydrogens is 368 g/mol. The van der Waals surface area contributed by atoms with Gasteiger partial charge in [0.2, 0.25) is 0 Å². The van der Waals surface area contributed by atoms with Gasteiger partial charge in [-0.15, -0.1) is 0 Å². The molecule has 0 radical (unpaired) electrons. The number of ether oxygens (including phenoxy) is 1. The zero-order valence-electron chi connectivity index (χ0n) is 18.1. The van der Waals surface area contributed by atoms with E-state index in [-0.39, 0.29) is 6.04 Å². The Morgan fingerprint density at radius 3 is 2.55 bits per heavy atom. The number of alkyl carbamates (subject to hydrolysis) is 1. The molecule has 0 aliphatic rings. The van der Waals surface area contributed by atoms with Crippen LogP contribution in [0.3, 0.4) is 0 Å². The van der Waals surface area contributed by atoms with Crippen molar-refractivity contribution < 1.29 is 9.53 Å².